The van der Waals surface area contributed by atoms with Crippen LogP contribution in [0.4, 0.5) is 0 Å². The quantitative estimate of drug-likeness (QED) is 0.538. The Bertz CT molecular complexity index is 486. The first-order valence-electron chi connectivity index (χ1n) is 6.06. The van der Waals surface area contributed by atoms with E-state index >= 15 is 0 Å². The molecule has 18 heavy (non-hydrogen) atoms. The lowest BCUT2D eigenvalue weighted by atomic mass is 9.73. The van der Waals surface area contributed by atoms with Crippen LogP contribution in [0.3, 0.4) is 0 Å². The molecule has 1 aliphatic rings. The van der Waals surface area contributed by atoms with E-state index in [4.69, 9.17) is 23.2 Å². The van der Waals surface area contributed by atoms with Crippen molar-refractivity contribution in [2.45, 2.75) is 32.1 Å². The van der Waals surface area contributed by atoms with Crippen molar-refractivity contribution < 1.29 is 4.79 Å². The first-order valence-corrected chi connectivity index (χ1v) is 6.87. The molecule has 3 heteroatoms. The Kier molecular flexibility index (Phi) is 3.84. The number of rotatable bonds is 1. The van der Waals surface area contributed by atoms with Gasteiger partial charge in [0.05, 0.1) is 5.38 Å². The third kappa shape index (κ3) is 2.78. The molecule has 96 valence electrons. The summed E-state index contributed by atoms with van der Waals surface area (Å²) >= 11 is 12.1. The lowest BCUT2D eigenvalue weighted by Crippen LogP contribution is -2.34. The maximum Gasteiger partial charge on any atom is 0.165 e. The van der Waals surface area contributed by atoms with Crippen LogP contribution in [0, 0.1) is 5.41 Å². The molecular weight excluding hydrogens is 267 g/mol. The van der Waals surface area contributed by atoms with Crippen LogP contribution < -0.4 is 0 Å². The van der Waals surface area contributed by atoms with Gasteiger partial charge in [-0.1, -0.05) is 37.6 Å². The van der Waals surface area contributed by atoms with Crippen LogP contribution in [0.2, 0.25) is 5.02 Å². The molecule has 1 atom stereocenters. The number of Topliss-reactive ketones (excluding diaryl/α,β-unsaturated/α-hetero) is 1. The number of ketones is 1. The van der Waals surface area contributed by atoms with E-state index < -0.39 is 0 Å². The molecule has 1 unspecified atom stereocenters. The van der Waals surface area contributed by atoms with Crippen LogP contribution in [0.5, 0.6) is 0 Å². The van der Waals surface area contributed by atoms with Crippen LogP contribution in [0.1, 0.15) is 32.3 Å². The van der Waals surface area contributed by atoms with Gasteiger partial charge >= 0.3 is 0 Å². The van der Waals surface area contributed by atoms with Gasteiger partial charge in [-0.3, -0.25) is 4.79 Å². The number of hydrogen-bond donors (Lipinski definition) is 0. The van der Waals surface area contributed by atoms with Gasteiger partial charge in [0.15, 0.2) is 5.78 Å². The molecule has 1 fully saturated rings. The highest BCUT2D eigenvalue weighted by molar-refractivity contribution is 6.30. The average Bonchev–Trinajstić information content (AvgIpc) is 2.33. The van der Waals surface area contributed by atoms with Crippen molar-refractivity contribution in [3.8, 4) is 0 Å². The van der Waals surface area contributed by atoms with Crippen LogP contribution >= 0.6 is 23.2 Å². The van der Waals surface area contributed by atoms with Crippen LogP contribution in [-0.2, 0) is 4.79 Å². The Labute approximate surface area is 118 Å². The molecule has 1 saturated carbocycles. The molecule has 1 nitrogen and oxygen atoms in total. The van der Waals surface area contributed by atoms with E-state index in [0.29, 0.717) is 5.02 Å². The predicted octanol–water partition coefficient (Wildman–Crippen LogP) is 4.72. The zero-order valence-corrected chi connectivity index (χ0v) is 12.1. The summed E-state index contributed by atoms with van der Waals surface area (Å²) in [4.78, 5) is 12.3. The highest BCUT2D eigenvalue weighted by Gasteiger charge is 2.37. The van der Waals surface area contributed by atoms with Gasteiger partial charge in [-0.05, 0) is 36.6 Å². The summed E-state index contributed by atoms with van der Waals surface area (Å²) in [6, 6.07) is 7.42. The number of carbonyl (C=O) groups excluding carboxylic acids is 1. The Morgan fingerprint density at radius 3 is 2.50 bits per heavy atom. The molecule has 0 spiro atoms. The molecule has 1 aromatic carbocycles. The minimum Gasteiger partial charge on any atom is -0.294 e. The molecule has 0 saturated heterocycles. The van der Waals surface area contributed by atoms with Crippen molar-refractivity contribution in [1.29, 1.82) is 0 Å². The second-order valence-electron chi connectivity index (χ2n) is 5.37. The number of halogens is 2. The van der Waals surface area contributed by atoms with Crippen molar-refractivity contribution in [2.24, 2.45) is 5.41 Å². The number of alkyl halides is 1. The molecule has 0 aliphatic heterocycles. The lowest BCUT2D eigenvalue weighted by Gasteiger charge is -2.32. The summed E-state index contributed by atoms with van der Waals surface area (Å²) in [6.07, 6.45) is 3.58. The fraction of sp³-hybridized carbons (Fsp3) is 0.400. The van der Waals surface area contributed by atoms with Crippen molar-refractivity contribution in [2.75, 3.05) is 0 Å². The standard InChI is InChI=1S/C15H16Cl2O/c1-15(2)8-7-13(17)12(14(15)18)9-10-3-5-11(16)6-4-10/h3-6,9,13H,7-8H2,1-2H3/b12-9+. The van der Waals surface area contributed by atoms with E-state index in [1.807, 2.05) is 44.2 Å². The minimum atomic E-state index is -0.302. The zero-order chi connectivity index (χ0) is 13.3. The van der Waals surface area contributed by atoms with E-state index in [0.717, 1.165) is 24.0 Å². The van der Waals surface area contributed by atoms with Crippen LogP contribution in [-0.4, -0.2) is 11.2 Å². The largest absolute Gasteiger partial charge is 0.294 e. The fourth-order valence-corrected chi connectivity index (χ4v) is 2.58. The molecule has 0 radical (unpaired) electrons. The van der Waals surface area contributed by atoms with Crippen molar-refractivity contribution >= 4 is 35.1 Å². The van der Waals surface area contributed by atoms with Crippen LogP contribution in [0.15, 0.2) is 29.8 Å². The number of carbonyl (C=O) groups is 1. The smallest absolute Gasteiger partial charge is 0.165 e. The van der Waals surface area contributed by atoms with Crippen molar-refractivity contribution in [3.63, 3.8) is 0 Å². The number of benzene rings is 1. The van der Waals surface area contributed by atoms with E-state index in [1.165, 1.54) is 0 Å². The second-order valence-corrected chi connectivity index (χ2v) is 6.33. The summed E-state index contributed by atoms with van der Waals surface area (Å²) in [5.41, 5.74) is 1.38. The SMILES string of the molecule is CC1(C)CCC(Cl)/C(=C\c2ccc(Cl)cc2)C1=O. The third-order valence-corrected chi connectivity index (χ3v) is 4.13. The topological polar surface area (TPSA) is 17.1 Å². The molecule has 2 rings (SSSR count). The predicted molar refractivity (Wildman–Crippen MR) is 77.1 cm³/mol. The van der Waals surface area contributed by atoms with E-state index in [-0.39, 0.29) is 16.6 Å². The fourth-order valence-electron chi connectivity index (χ4n) is 2.18. The van der Waals surface area contributed by atoms with Gasteiger partial charge in [0.25, 0.3) is 0 Å². The first kappa shape index (κ1) is 13.6. The first-order chi connectivity index (χ1) is 8.40. The van der Waals surface area contributed by atoms with Crippen molar-refractivity contribution in [1.82, 2.24) is 0 Å². The Morgan fingerprint density at radius 1 is 1.28 bits per heavy atom. The molecule has 0 aromatic heterocycles. The summed E-state index contributed by atoms with van der Waals surface area (Å²) < 4.78 is 0. The molecule has 1 aliphatic carbocycles. The van der Waals surface area contributed by atoms with Gasteiger partial charge in [0.2, 0.25) is 0 Å². The molecular formula is C15H16Cl2O. The van der Waals surface area contributed by atoms with E-state index in [2.05, 4.69) is 0 Å². The Balaban J connectivity index is 2.35. The van der Waals surface area contributed by atoms with Gasteiger partial charge in [-0.2, -0.15) is 0 Å². The zero-order valence-electron chi connectivity index (χ0n) is 10.5. The minimum absolute atomic E-state index is 0.156. The summed E-state index contributed by atoms with van der Waals surface area (Å²) in [6.45, 7) is 3.96. The number of hydrogen-bond acceptors (Lipinski definition) is 1. The van der Waals surface area contributed by atoms with Crippen LogP contribution in [0.25, 0.3) is 6.08 Å². The van der Waals surface area contributed by atoms with Gasteiger partial charge in [-0.15, -0.1) is 11.6 Å². The third-order valence-electron chi connectivity index (χ3n) is 3.43. The molecule has 0 N–H and O–H groups in total. The molecule has 1 aromatic rings. The lowest BCUT2D eigenvalue weighted by molar-refractivity contribution is -0.124. The summed E-state index contributed by atoms with van der Waals surface area (Å²) in [5.74, 6) is 0.156. The molecule has 0 bridgehead atoms. The van der Waals surface area contributed by atoms with Gasteiger partial charge < -0.3 is 0 Å². The van der Waals surface area contributed by atoms with Gasteiger partial charge in [-0.25, -0.2) is 0 Å². The Hall–Kier alpha value is -0.790. The highest BCUT2D eigenvalue weighted by Crippen LogP contribution is 2.38. The second kappa shape index (κ2) is 5.07. The van der Waals surface area contributed by atoms with Crippen molar-refractivity contribution in [3.05, 3.63) is 40.4 Å². The van der Waals surface area contributed by atoms with E-state index in [1.54, 1.807) is 0 Å². The maximum atomic E-state index is 12.3. The Morgan fingerprint density at radius 2 is 1.89 bits per heavy atom. The average molecular weight is 283 g/mol. The monoisotopic (exact) mass is 282 g/mol. The normalized spacial score (nSPS) is 25.4. The maximum absolute atomic E-state index is 12.3. The molecule has 0 amide bonds. The number of allylic oxidation sites excluding steroid dienone is 1. The summed E-state index contributed by atoms with van der Waals surface area (Å²) in [7, 11) is 0. The van der Waals surface area contributed by atoms with Gasteiger partial charge in [0, 0.05) is 16.0 Å². The van der Waals surface area contributed by atoms with Gasteiger partial charge in [0.1, 0.15) is 0 Å². The molecule has 0 heterocycles. The summed E-state index contributed by atoms with van der Waals surface area (Å²) in [5, 5.41) is 0.510. The van der Waals surface area contributed by atoms with E-state index in [9.17, 15) is 4.79 Å². The highest BCUT2D eigenvalue weighted by atomic mass is 35.5.